The number of carbonyl (C=O) groups is 1. The Labute approximate surface area is 129 Å². The summed E-state index contributed by atoms with van der Waals surface area (Å²) in [5.74, 6) is 0.805. The van der Waals surface area contributed by atoms with Crippen LogP contribution in [0.15, 0.2) is 36.4 Å². The number of fused-ring (bicyclic) bond motifs is 1. The van der Waals surface area contributed by atoms with Gasteiger partial charge in [-0.05, 0) is 54.7 Å². The van der Waals surface area contributed by atoms with Gasteiger partial charge in [-0.2, -0.15) is 0 Å². The molecule has 0 amide bonds. The van der Waals surface area contributed by atoms with E-state index in [-0.39, 0.29) is 5.78 Å². The highest BCUT2D eigenvalue weighted by molar-refractivity contribution is 6.30. The van der Waals surface area contributed by atoms with Crippen LogP contribution >= 0.6 is 11.6 Å². The molecular formula is C18H17ClO2. The summed E-state index contributed by atoms with van der Waals surface area (Å²) in [5, 5.41) is 0.618. The monoisotopic (exact) mass is 300 g/mol. The molecule has 0 radical (unpaired) electrons. The summed E-state index contributed by atoms with van der Waals surface area (Å²) in [7, 11) is 1.60. The zero-order valence-electron chi connectivity index (χ0n) is 12.0. The molecule has 0 heterocycles. The molecule has 2 aromatic rings. The van der Waals surface area contributed by atoms with E-state index in [1.54, 1.807) is 25.3 Å². The van der Waals surface area contributed by atoms with Crippen molar-refractivity contribution in [2.24, 2.45) is 0 Å². The minimum Gasteiger partial charge on any atom is -0.496 e. The fourth-order valence-corrected chi connectivity index (χ4v) is 3.10. The van der Waals surface area contributed by atoms with Gasteiger partial charge in [-0.3, -0.25) is 4.79 Å². The molecule has 3 heteroatoms. The van der Waals surface area contributed by atoms with E-state index >= 15 is 0 Å². The van der Waals surface area contributed by atoms with Gasteiger partial charge < -0.3 is 4.74 Å². The van der Waals surface area contributed by atoms with E-state index in [1.165, 1.54) is 17.5 Å². The van der Waals surface area contributed by atoms with E-state index < -0.39 is 0 Å². The van der Waals surface area contributed by atoms with Crippen molar-refractivity contribution in [3.8, 4) is 5.75 Å². The zero-order chi connectivity index (χ0) is 14.8. The molecule has 0 aromatic heterocycles. The average molecular weight is 301 g/mol. The zero-order valence-corrected chi connectivity index (χ0v) is 12.7. The van der Waals surface area contributed by atoms with Gasteiger partial charge in [-0.1, -0.05) is 23.7 Å². The fourth-order valence-electron chi connectivity index (χ4n) is 2.91. The van der Waals surface area contributed by atoms with Gasteiger partial charge in [0.05, 0.1) is 7.11 Å². The van der Waals surface area contributed by atoms with Crippen LogP contribution in [0.25, 0.3) is 0 Å². The quantitative estimate of drug-likeness (QED) is 0.789. The largest absolute Gasteiger partial charge is 0.496 e. The third-order valence-corrected chi connectivity index (χ3v) is 4.25. The van der Waals surface area contributed by atoms with Crippen LogP contribution in [0.5, 0.6) is 5.75 Å². The van der Waals surface area contributed by atoms with Crippen LogP contribution in [0.2, 0.25) is 5.02 Å². The normalized spacial score (nSPS) is 13.0. The molecule has 1 aliphatic carbocycles. The van der Waals surface area contributed by atoms with E-state index in [0.717, 1.165) is 24.0 Å². The molecule has 0 bridgehead atoms. The van der Waals surface area contributed by atoms with Crippen molar-refractivity contribution in [1.29, 1.82) is 0 Å². The van der Waals surface area contributed by atoms with Crippen molar-refractivity contribution in [2.45, 2.75) is 25.7 Å². The van der Waals surface area contributed by atoms with E-state index in [1.807, 2.05) is 12.1 Å². The Morgan fingerprint density at radius 3 is 2.76 bits per heavy atom. The first-order valence-corrected chi connectivity index (χ1v) is 7.52. The summed E-state index contributed by atoms with van der Waals surface area (Å²) in [4.78, 5) is 12.5. The van der Waals surface area contributed by atoms with E-state index in [0.29, 0.717) is 17.2 Å². The van der Waals surface area contributed by atoms with Crippen LogP contribution < -0.4 is 4.74 Å². The molecule has 0 atom stereocenters. The number of benzene rings is 2. The standard InChI is InChI=1S/C18H17ClO2/c1-21-18-8-7-16(19)10-15(18)11-17(20)14-6-5-12-3-2-4-13(12)9-14/h5-10H,2-4,11H2,1H3. The lowest BCUT2D eigenvalue weighted by molar-refractivity contribution is 0.0992. The highest BCUT2D eigenvalue weighted by atomic mass is 35.5. The van der Waals surface area contributed by atoms with Gasteiger partial charge in [0, 0.05) is 22.6 Å². The van der Waals surface area contributed by atoms with Crippen LogP contribution in [0.4, 0.5) is 0 Å². The first-order chi connectivity index (χ1) is 10.2. The third kappa shape index (κ3) is 2.96. The van der Waals surface area contributed by atoms with Gasteiger partial charge in [0.25, 0.3) is 0 Å². The van der Waals surface area contributed by atoms with Crippen molar-refractivity contribution in [3.63, 3.8) is 0 Å². The van der Waals surface area contributed by atoms with Gasteiger partial charge in [0.15, 0.2) is 5.78 Å². The molecule has 0 saturated heterocycles. The number of hydrogen-bond acceptors (Lipinski definition) is 2. The Bertz CT molecular complexity index is 692. The molecule has 0 unspecified atom stereocenters. The summed E-state index contributed by atoms with van der Waals surface area (Å²) >= 11 is 6.01. The molecular weight excluding hydrogens is 284 g/mol. The van der Waals surface area contributed by atoms with Gasteiger partial charge in [-0.25, -0.2) is 0 Å². The van der Waals surface area contributed by atoms with E-state index in [2.05, 4.69) is 6.07 Å². The topological polar surface area (TPSA) is 26.3 Å². The first kappa shape index (κ1) is 14.2. The van der Waals surface area contributed by atoms with Gasteiger partial charge >= 0.3 is 0 Å². The van der Waals surface area contributed by atoms with Crippen LogP contribution in [0.3, 0.4) is 0 Å². The number of hydrogen-bond donors (Lipinski definition) is 0. The summed E-state index contributed by atoms with van der Waals surface area (Å²) in [6.45, 7) is 0. The molecule has 2 aromatic carbocycles. The molecule has 0 saturated carbocycles. The molecule has 3 rings (SSSR count). The number of carbonyl (C=O) groups excluding carboxylic acids is 1. The second-order valence-corrected chi connectivity index (χ2v) is 5.83. The molecule has 0 fully saturated rings. The van der Waals surface area contributed by atoms with Crippen LogP contribution in [0.1, 0.15) is 33.5 Å². The van der Waals surface area contributed by atoms with Crippen molar-refractivity contribution in [2.75, 3.05) is 7.11 Å². The lowest BCUT2D eigenvalue weighted by Crippen LogP contribution is -2.06. The minimum absolute atomic E-state index is 0.102. The number of aryl methyl sites for hydroxylation is 2. The van der Waals surface area contributed by atoms with Crippen molar-refractivity contribution < 1.29 is 9.53 Å². The smallest absolute Gasteiger partial charge is 0.167 e. The van der Waals surface area contributed by atoms with Crippen LogP contribution in [-0.4, -0.2) is 12.9 Å². The highest BCUT2D eigenvalue weighted by Gasteiger charge is 2.15. The Morgan fingerprint density at radius 1 is 1.14 bits per heavy atom. The van der Waals surface area contributed by atoms with Gasteiger partial charge in [0.2, 0.25) is 0 Å². The van der Waals surface area contributed by atoms with Gasteiger partial charge in [0.1, 0.15) is 5.75 Å². The van der Waals surface area contributed by atoms with Gasteiger partial charge in [-0.15, -0.1) is 0 Å². The maximum Gasteiger partial charge on any atom is 0.167 e. The first-order valence-electron chi connectivity index (χ1n) is 7.15. The van der Waals surface area contributed by atoms with Crippen LogP contribution in [-0.2, 0) is 19.3 Å². The van der Waals surface area contributed by atoms with Crippen molar-refractivity contribution in [1.82, 2.24) is 0 Å². The summed E-state index contributed by atoms with van der Waals surface area (Å²) < 4.78 is 5.30. The number of Topliss-reactive ketones (excluding diaryl/α,β-unsaturated/α-hetero) is 1. The lowest BCUT2D eigenvalue weighted by atomic mass is 9.99. The Hall–Kier alpha value is -1.80. The fraction of sp³-hybridized carbons (Fsp3) is 0.278. The Balaban J connectivity index is 1.85. The number of ketones is 1. The molecule has 2 nitrogen and oxygen atoms in total. The number of rotatable bonds is 4. The maximum absolute atomic E-state index is 12.5. The van der Waals surface area contributed by atoms with E-state index in [9.17, 15) is 4.79 Å². The predicted molar refractivity (Wildman–Crippen MR) is 84.5 cm³/mol. The third-order valence-electron chi connectivity index (χ3n) is 4.01. The highest BCUT2D eigenvalue weighted by Crippen LogP contribution is 2.26. The summed E-state index contributed by atoms with van der Waals surface area (Å²) in [6.07, 6.45) is 3.71. The van der Waals surface area contributed by atoms with E-state index in [4.69, 9.17) is 16.3 Å². The predicted octanol–water partition coefficient (Wildman–Crippen LogP) is 4.26. The molecule has 0 N–H and O–H groups in total. The Kier molecular flexibility index (Phi) is 3.98. The summed E-state index contributed by atoms with van der Waals surface area (Å²) in [5.41, 5.74) is 4.30. The molecule has 21 heavy (non-hydrogen) atoms. The minimum atomic E-state index is 0.102. The second-order valence-electron chi connectivity index (χ2n) is 5.39. The number of halogens is 1. The van der Waals surface area contributed by atoms with Crippen LogP contribution in [0, 0.1) is 0 Å². The summed E-state index contributed by atoms with van der Waals surface area (Å²) in [6, 6.07) is 11.4. The SMILES string of the molecule is COc1ccc(Cl)cc1CC(=O)c1ccc2c(c1)CCC2. The molecule has 0 spiro atoms. The lowest BCUT2D eigenvalue weighted by Gasteiger charge is -2.09. The number of methoxy groups -OCH3 is 1. The molecule has 0 aliphatic heterocycles. The maximum atomic E-state index is 12.5. The van der Waals surface area contributed by atoms with Crippen molar-refractivity contribution in [3.05, 3.63) is 63.7 Å². The second kappa shape index (κ2) is 5.90. The molecule has 1 aliphatic rings. The average Bonchev–Trinajstić information content (AvgIpc) is 2.94. The van der Waals surface area contributed by atoms with Crippen molar-refractivity contribution >= 4 is 17.4 Å². The Morgan fingerprint density at radius 2 is 1.95 bits per heavy atom. The molecule has 108 valence electrons. The number of ether oxygens (including phenoxy) is 1.